The maximum atomic E-state index is 12.4. The van der Waals surface area contributed by atoms with E-state index in [0.29, 0.717) is 20.6 Å². The summed E-state index contributed by atoms with van der Waals surface area (Å²) < 4.78 is 0. The molecule has 1 N–H and O–H groups in total. The van der Waals surface area contributed by atoms with E-state index in [4.69, 9.17) is 23.2 Å². The van der Waals surface area contributed by atoms with Crippen LogP contribution in [0.25, 0.3) is 6.08 Å². The lowest BCUT2D eigenvalue weighted by atomic mass is 10.2. The standard InChI is InChI=1S/C17H12Cl2N2O2S/c18-12-6-7-13(19)14(9-12)20-10-21-16(22)15(24-17(21)23)8-11-4-2-1-3-5-11/h1-9,20H,10H2/b15-8+. The number of amides is 2. The Morgan fingerprint density at radius 3 is 2.58 bits per heavy atom. The van der Waals surface area contributed by atoms with Gasteiger partial charge in [-0.1, -0.05) is 53.5 Å². The normalized spacial score (nSPS) is 16.1. The summed E-state index contributed by atoms with van der Waals surface area (Å²) in [7, 11) is 0. The zero-order valence-electron chi connectivity index (χ0n) is 12.3. The van der Waals surface area contributed by atoms with Gasteiger partial charge in [-0.05, 0) is 41.6 Å². The summed E-state index contributed by atoms with van der Waals surface area (Å²) in [5.74, 6) is -0.334. The summed E-state index contributed by atoms with van der Waals surface area (Å²) in [5.41, 5.74) is 1.43. The molecule has 0 aliphatic carbocycles. The van der Waals surface area contributed by atoms with Crippen LogP contribution in [0.4, 0.5) is 10.5 Å². The monoisotopic (exact) mass is 378 g/mol. The quantitative estimate of drug-likeness (QED) is 0.751. The molecule has 2 aromatic rings. The van der Waals surface area contributed by atoms with Crippen LogP contribution in [0.2, 0.25) is 10.0 Å². The number of halogens is 2. The van der Waals surface area contributed by atoms with Gasteiger partial charge >= 0.3 is 0 Å². The van der Waals surface area contributed by atoms with E-state index < -0.39 is 0 Å². The van der Waals surface area contributed by atoms with Gasteiger partial charge in [0.05, 0.1) is 22.3 Å². The zero-order valence-corrected chi connectivity index (χ0v) is 14.7. The molecule has 0 spiro atoms. The fraction of sp³-hybridized carbons (Fsp3) is 0.0588. The number of hydrogen-bond donors (Lipinski definition) is 1. The predicted octanol–water partition coefficient (Wildman–Crippen LogP) is 5.10. The smallest absolute Gasteiger partial charge is 0.295 e. The maximum Gasteiger partial charge on any atom is 0.295 e. The van der Waals surface area contributed by atoms with Crippen LogP contribution in [-0.4, -0.2) is 22.7 Å². The lowest BCUT2D eigenvalue weighted by molar-refractivity contribution is -0.122. The van der Waals surface area contributed by atoms with E-state index in [9.17, 15) is 9.59 Å². The highest BCUT2D eigenvalue weighted by Gasteiger charge is 2.34. The molecular weight excluding hydrogens is 367 g/mol. The van der Waals surface area contributed by atoms with E-state index in [-0.39, 0.29) is 17.8 Å². The number of carbonyl (C=O) groups excluding carboxylic acids is 2. The molecule has 1 fully saturated rings. The van der Waals surface area contributed by atoms with Crippen molar-refractivity contribution in [1.29, 1.82) is 0 Å². The van der Waals surface area contributed by atoms with E-state index in [1.807, 2.05) is 30.3 Å². The van der Waals surface area contributed by atoms with Crippen molar-refractivity contribution in [2.24, 2.45) is 0 Å². The van der Waals surface area contributed by atoms with Crippen molar-refractivity contribution in [1.82, 2.24) is 4.90 Å². The highest BCUT2D eigenvalue weighted by Crippen LogP contribution is 2.32. The number of thioether (sulfide) groups is 1. The molecule has 0 unspecified atom stereocenters. The van der Waals surface area contributed by atoms with Gasteiger partial charge in [0.1, 0.15) is 0 Å². The summed E-state index contributed by atoms with van der Waals surface area (Å²) in [4.78, 5) is 26.0. The Morgan fingerprint density at radius 1 is 1.08 bits per heavy atom. The van der Waals surface area contributed by atoms with Gasteiger partial charge in [0.25, 0.3) is 11.1 Å². The molecule has 3 rings (SSSR count). The van der Waals surface area contributed by atoms with Crippen LogP contribution in [0.1, 0.15) is 5.56 Å². The first-order valence-electron chi connectivity index (χ1n) is 7.04. The average molecular weight is 379 g/mol. The SMILES string of the molecule is O=C1S/C(=C/c2ccccc2)C(=O)N1CNc1cc(Cl)ccc1Cl. The molecule has 1 saturated heterocycles. The number of imide groups is 1. The molecule has 2 amide bonds. The number of anilines is 1. The van der Waals surface area contributed by atoms with Crippen LogP contribution in [0.3, 0.4) is 0 Å². The summed E-state index contributed by atoms with van der Waals surface area (Å²) in [6, 6.07) is 14.3. The Morgan fingerprint density at radius 2 is 1.83 bits per heavy atom. The third kappa shape index (κ3) is 3.75. The van der Waals surface area contributed by atoms with E-state index >= 15 is 0 Å². The van der Waals surface area contributed by atoms with Crippen molar-refractivity contribution < 1.29 is 9.59 Å². The van der Waals surface area contributed by atoms with Gasteiger partial charge in [0.15, 0.2) is 0 Å². The van der Waals surface area contributed by atoms with Gasteiger partial charge in [-0.3, -0.25) is 14.5 Å². The molecule has 1 heterocycles. The highest BCUT2D eigenvalue weighted by atomic mass is 35.5. The third-order valence-corrected chi connectivity index (χ3v) is 4.80. The Balaban J connectivity index is 1.73. The van der Waals surface area contributed by atoms with Gasteiger partial charge in [-0.25, -0.2) is 0 Å². The highest BCUT2D eigenvalue weighted by molar-refractivity contribution is 8.18. The van der Waals surface area contributed by atoms with Crippen molar-refractivity contribution in [3.05, 3.63) is 69.0 Å². The van der Waals surface area contributed by atoms with Crippen LogP contribution >= 0.6 is 35.0 Å². The Bertz CT molecular complexity index is 825. The largest absolute Gasteiger partial charge is 0.366 e. The van der Waals surface area contributed by atoms with Crippen LogP contribution in [0, 0.1) is 0 Å². The van der Waals surface area contributed by atoms with Gasteiger partial charge in [0.2, 0.25) is 0 Å². The Hall–Kier alpha value is -1.95. The fourth-order valence-electron chi connectivity index (χ4n) is 2.13. The second-order valence-electron chi connectivity index (χ2n) is 4.98. The molecule has 1 aliphatic rings. The molecule has 122 valence electrons. The molecule has 1 aliphatic heterocycles. The lowest BCUT2D eigenvalue weighted by Gasteiger charge is -2.15. The molecule has 2 aromatic carbocycles. The lowest BCUT2D eigenvalue weighted by Crippen LogP contribution is -2.33. The first kappa shape index (κ1) is 16.9. The second-order valence-corrected chi connectivity index (χ2v) is 6.82. The Kier molecular flexibility index (Phi) is 5.14. The first-order valence-corrected chi connectivity index (χ1v) is 8.61. The zero-order chi connectivity index (χ0) is 17.1. The second kappa shape index (κ2) is 7.30. The molecule has 0 aromatic heterocycles. The molecule has 0 saturated carbocycles. The Labute approximate surface area is 153 Å². The van der Waals surface area contributed by atoms with Crippen molar-refractivity contribution in [2.45, 2.75) is 0 Å². The molecule has 24 heavy (non-hydrogen) atoms. The minimum Gasteiger partial charge on any atom is -0.366 e. The van der Waals surface area contributed by atoms with E-state index in [2.05, 4.69) is 5.32 Å². The molecule has 0 bridgehead atoms. The number of benzene rings is 2. The van der Waals surface area contributed by atoms with Crippen LogP contribution in [0.15, 0.2) is 53.4 Å². The summed E-state index contributed by atoms with van der Waals surface area (Å²) in [6.07, 6.45) is 1.71. The minimum atomic E-state index is -0.334. The minimum absolute atomic E-state index is 0.0247. The third-order valence-electron chi connectivity index (χ3n) is 3.33. The summed E-state index contributed by atoms with van der Waals surface area (Å²) in [5, 5.41) is 3.62. The molecule has 4 nitrogen and oxygen atoms in total. The van der Waals surface area contributed by atoms with Crippen molar-refractivity contribution in [3.63, 3.8) is 0 Å². The van der Waals surface area contributed by atoms with Crippen molar-refractivity contribution in [2.75, 3.05) is 12.0 Å². The number of rotatable bonds is 4. The number of nitrogens with zero attached hydrogens (tertiary/aromatic N) is 1. The maximum absolute atomic E-state index is 12.4. The fourth-order valence-corrected chi connectivity index (χ4v) is 3.33. The predicted molar refractivity (Wildman–Crippen MR) is 99.2 cm³/mol. The van der Waals surface area contributed by atoms with E-state index in [1.54, 1.807) is 24.3 Å². The molecule has 0 atom stereocenters. The van der Waals surface area contributed by atoms with Crippen LogP contribution in [0.5, 0.6) is 0 Å². The van der Waals surface area contributed by atoms with Crippen LogP contribution in [-0.2, 0) is 4.79 Å². The number of nitrogens with one attached hydrogen (secondary N) is 1. The average Bonchev–Trinajstić information content (AvgIpc) is 2.83. The molecule has 0 radical (unpaired) electrons. The summed E-state index contributed by atoms with van der Waals surface area (Å²) in [6.45, 7) is 0.0247. The van der Waals surface area contributed by atoms with Crippen molar-refractivity contribution in [3.8, 4) is 0 Å². The molecule has 7 heteroatoms. The van der Waals surface area contributed by atoms with Crippen molar-refractivity contribution >= 4 is 57.9 Å². The number of carbonyl (C=O) groups is 2. The van der Waals surface area contributed by atoms with Crippen LogP contribution < -0.4 is 5.32 Å². The van der Waals surface area contributed by atoms with Gasteiger partial charge < -0.3 is 5.32 Å². The van der Waals surface area contributed by atoms with E-state index in [1.165, 1.54) is 0 Å². The summed E-state index contributed by atoms with van der Waals surface area (Å²) >= 11 is 12.9. The topological polar surface area (TPSA) is 49.4 Å². The van der Waals surface area contributed by atoms with E-state index in [0.717, 1.165) is 22.2 Å². The molecular formula is C17H12Cl2N2O2S. The van der Waals surface area contributed by atoms with Gasteiger partial charge in [0, 0.05) is 5.02 Å². The van der Waals surface area contributed by atoms with Gasteiger partial charge in [-0.2, -0.15) is 0 Å². The first-order chi connectivity index (χ1) is 11.5. The van der Waals surface area contributed by atoms with Gasteiger partial charge in [-0.15, -0.1) is 0 Å². The number of hydrogen-bond acceptors (Lipinski definition) is 4.